The first-order valence-electron chi connectivity index (χ1n) is 11.1. The Balaban J connectivity index is 1.56. The van der Waals surface area contributed by atoms with Crippen LogP contribution in [-0.4, -0.2) is 64.4 Å². The van der Waals surface area contributed by atoms with Gasteiger partial charge in [-0.2, -0.15) is 0 Å². The summed E-state index contributed by atoms with van der Waals surface area (Å²) in [7, 11) is 3.58. The van der Waals surface area contributed by atoms with E-state index < -0.39 is 0 Å². The van der Waals surface area contributed by atoms with Crippen molar-refractivity contribution in [1.82, 2.24) is 15.5 Å². The average Bonchev–Trinajstić information content (AvgIpc) is 3.31. The second kappa shape index (κ2) is 10.8. The predicted molar refractivity (Wildman–Crippen MR) is 119 cm³/mol. The topological polar surface area (TPSA) is 58.1 Å². The van der Waals surface area contributed by atoms with Crippen LogP contribution in [0.1, 0.15) is 50.6 Å². The highest BCUT2D eigenvalue weighted by Gasteiger charge is 2.42. The third-order valence-electron chi connectivity index (χ3n) is 6.32. The van der Waals surface area contributed by atoms with Crippen LogP contribution < -0.4 is 15.4 Å². The van der Waals surface area contributed by atoms with Crippen LogP contribution in [0.4, 0.5) is 0 Å². The first-order chi connectivity index (χ1) is 14.2. The van der Waals surface area contributed by atoms with Crippen LogP contribution in [0.2, 0.25) is 0 Å². The van der Waals surface area contributed by atoms with Gasteiger partial charge in [-0.1, -0.05) is 12.1 Å². The molecule has 6 heteroatoms. The summed E-state index contributed by atoms with van der Waals surface area (Å²) in [6.45, 7) is 7.81. The number of ether oxygens (including phenoxy) is 2. The Hall–Kier alpha value is -1.79. The minimum atomic E-state index is 0.319. The van der Waals surface area contributed by atoms with E-state index in [4.69, 9.17) is 9.47 Å². The number of hydrogen-bond donors (Lipinski definition) is 2. The summed E-state index contributed by atoms with van der Waals surface area (Å²) >= 11 is 0. The minimum absolute atomic E-state index is 0.319. The maximum atomic E-state index is 5.56. The van der Waals surface area contributed by atoms with E-state index in [0.29, 0.717) is 11.5 Å². The molecule has 1 aliphatic carbocycles. The minimum Gasteiger partial charge on any atom is -0.497 e. The van der Waals surface area contributed by atoms with Crippen LogP contribution in [0.25, 0.3) is 0 Å². The van der Waals surface area contributed by atoms with Crippen molar-refractivity contribution in [3.63, 3.8) is 0 Å². The van der Waals surface area contributed by atoms with Gasteiger partial charge in [0, 0.05) is 33.4 Å². The van der Waals surface area contributed by atoms with Crippen LogP contribution in [0.15, 0.2) is 29.3 Å². The molecule has 0 radical (unpaired) electrons. The van der Waals surface area contributed by atoms with Crippen LogP contribution in [0, 0.1) is 5.41 Å². The molecule has 2 fully saturated rings. The number of guanidine groups is 1. The molecule has 1 aliphatic heterocycles. The third kappa shape index (κ3) is 6.34. The van der Waals surface area contributed by atoms with E-state index in [2.05, 4.69) is 45.6 Å². The lowest BCUT2D eigenvalue weighted by Gasteiger charge is -2.29. The molecule has 1 unspecified atom stereocenters. The number of nitrogens with one attached hydrogen (secondary N) is 2. The van der Waals surface area contributed by atoms with Crippen LogP contribution in [-0.2, 0) is 4.74 Å². The molecular formula is C23H38N4O2. The van der Waals surface area contributed by atoms with Gasteiger partial charge in [0.05, 0.1) is 13.2 Å². The molecule has 162 valence electrons. The van der Waals surface area contributed by atoms with Crippen LogP contribution in [0.5, 0.6) is 5.75 Å². The van der Waals surface area contributed by atoms with Crippen LogP contribution in [0.3, 0.4) is 0 Å². The van der Waals surface area contributed by atoms with Crippen molar-refractivity contribution >= 4 is 5.96 Å². The van der Waals surface area contributed by atoms with Crippen molar-refractivity contribution < 1.29 is 9.47 Å². The summed E-state index contributed by atoms with van der Waals surface area (Å²) in [4.78, 5) is 7.03. The fourth-order valence-electron chi connectivity index (χ4n) is 4.17. The highest BCUT2D eigenvalue weighted by molar-refractivity contribution is 5.79. The number of aliphatic imine (C=N–C) groups is 1. The molecule has 3 rings (SSSR count). The first kappa shape index (κ1) is 21.9. The molecule has 0 bridgehead atoms. The molecule has 6 nitrogen and oxygen atoms in total. The molecule has 1 heterocycles. The molecule has 0 spiro atoms. The number of likely N-dealkylation sites (tertiary alicyclic amines) is 1. The van der Waals surface area contributed by atoms with Gasteiger partial charge in [-0.3, -0.25) is 9.89 Å². The number of methoxy groups -OCH3 is 1. The summed E-state index contributed by atoms with van der Waals surface area (Å²) in [5.41, 5.74) is 1.69. The molecule has 1 saturated heterocycles. The zero-order valence-corrected chi connectivity index (χ0v) is 18.4. The molecule has 29 heavy (non-hydrogen) atoms. The van der Waals surface area contributed by atoms with Gasteiger partial charge in [-0.05, 0) is 75.2 Å². The quantitative estimate of drug-likeness (QED) is 0.338. The summed E-state index contributed by atoms with van der Waals surface area (Å²) in [6, 6.07) is 8.78. The van der Waals surface area contributed by atoms with Crippen molar-refractivity contribution in [3.8, 4) is 5.75 Å². The molecular weight excluding hydrogens is 364 g/mol. The Morgan fingerprint density at radius 2 is 2.03 bits per heavy atom. The summed E-state index contributed by atoms with van der Waals surface area (Å²) in [5, 5.41) is 7.13. The molecule has 0 amide bonds. The van der Waals surface area contributed by atoms with E-state index >= 15 is 0 Å². The normalized spacial score (nSPS) is 19.8. The monoisotopic (exact) mass is 402 g/mol. The van der Waals surface area contributed by atoms with Crippen molar-refractivity contribution in [2.75, 3.05) is 53.6 Å². The molecule has 1 aromatic rings. The largest absolute Gasteiger partial charge is 0.497 e. The highest BCUT2D eigenvalue weighted by atomic mass is 16.5. The zero-order valence-electron chi connectivity index (χ0n) is 18.4. The standard InChI is InChI=1S/C23H38N4O2/c1-4-29-15-12-23(10-11-23)18-26-22(24-2)25-17-21(27-13-5-6-14-27)19-8-7-9-20(16-19)28-3/h7-9,16,21H,4-6,10-15,17-18H2,1-3H3,(H2,24,25,26). The van der Waals surface area contributed by atoms with E-state index in [9.17, 15) is 0 Å². The van der Waals surface area contributed by atoms with Crippen molar-refractivity contribution in [2.24, 2.45) is 10.4 Å². The fourth-order valence-corrected chi connectivity index (χ4v) is 4.17. The lowest BCUT2D eigenvalue weighted by molar-refractivity contribution is 0.128. The Morgan fingerprint density at radius 1 is 1.24 bits per heavy atom. The maximum Gasteiger partial charge on any atom is 0.191 e. The number of rotatable bonds is 11. The molecule has 2 aliphatic rings. The molecule has 1 aromatic carbocycles. The molecule has 1 atom stereocenters. The molecule has 2 N–H and O–H groups in total. The van der Waals surface area contributed by atoms with Gasteiger partial charge >= 0.3 is 0 Å². The zero-order chi connectivity index (χ0) is 20.5. The van der Waals surface area contributed by atoms with Gasteiger partial charge in [0.25, 0.3) is 0 Å². The predicted octanol–water partition coefficient (Wildman–Crippen LogP) is 3.20. The second-order valence-corrected chi connectivity index (χ2v) is 8.29. The SMILES string of the molecule is CCOCCC1(CNC(=NC)NCC(c2cccc(OC)c2)N2CCCC2)CC1. The Morgan fingerprint density at radius 3 is 2.69 bits per heavy atom. The molecule has 0 aromatic heterocycles. The Kier molecular flexibility index (Phi) is 8.19. The van der Waals surface area contributed by atoms with Gasteiger partial charge in [0.1, 0.15) is 5.75 Å². The van der Waals surface area contributed by atoms with Crippen molar-refractivity contribution in [2.45, 2.75) is 45.1 Å². The number of benzene rings is 1. The van der Waals surface area contributed by atoms with E-state index in [1.807, 2.05) is 13.1 Å². The summed E-state index contributed by atoms with van der Waals surface area (Å²) in [6.07, 6.45) is 6.24. The summed E-state index contributed by atoms with van der Waals surface area (Å²) < 4.78 is 11.0. The Labute approximate surface area is 176 Å². The van der Waals surface area contributed by atoms with E-state index in [0.717, 1.165) is 57.5 Å². The smallest absolute Gasteiger partial charge is 0.191 e. The van der Waals surface area contributed by atoms with Gasteiger partial charge in [0.2, 0.25) is 0 Å². The second-order valence-electron chi connectivity index (χ2n) is 8.29. The Bertz CT molecular complexity index is 654. The first-order valence-corrected chi connectivity index (χ1v) is 11.1. The fraction of sp³-hybridized carbons (Fsp3) is 0.696. The van der Waals surface area contributed by atoms with Gasteiger partial charge in [-0.25, -0.2) is 0 Å². The van der Waals surface area contributed by atoms with Crippen LogP contribution >= 0.6 is 0 Å². The van der Waals surface area contributed by atoms with Crippen molar-refractivity contribution in [1.29, 1.82) is 0 Å². The lowest BCUT2D eigenvalue weighted by Crippen LogP contribution is -2.44. The highest BCUT2D eigenvalue weighted by Crippen LogP contribution is 2.48. The van der Waals surface area contributed by atoms with Gasteiger partial charge < -0.3 is 20.1 Å². The van der Waals surface area contributed by atoms with Gasteiger partial charge in [-0.15, -0.1) is 0 Å². The third-order valence-corrected chi connectivity index (χ3v) is 6.32. The van der Waals surface area contributed by atoms with Crippen molar-refractivity contribution in [3.05, 3.63) is 29.8 Å². The lowest BCUT2D eigenvalue weighted by atomic mass is 10.0. The summed E-state index contributed by atoms with van der Waals surface area (Å²) in [5.74, 6) is 1.80. The van der Waals surface area contributed by atoms with Gasteiger partial charge in [0.15, 0.2) is 5.96 Å². The molecule has 1 saturated carbocycles. The van der Waals surface area contributed by atoms with E-state index in [1.165, 1.54) is 31.2 Å². The van der Waals surface area contributed by atoms with E-state index in [1.54, 1.807) is 7.11 Å². The maximum absolute atomic E-state index is 5.56. The number of hydrogen-bond acceptors (Lipinski definition) is 4. The van der Waals surface area contributed by atoms with E-state index in [-0.39, 0.29) is 0 Å². The number of nitrogens with zero attached hydrogens (tertiary/aromatic N) is 2. The average molecular weight is 403 g/mol.